The summed E-state index contributed by atoms with van der Waals surface area (Å²) in [6.07, 6.45) is 6.65. The Kier molecular flexibility index (Phi) is 3.39. The van der Waals surface area contributed by atoms with Crippen molar-refractivity contribution in [2.45, 2.75) is 0 Å². The van der Waals surface area contributed by atoms with Crippen LogP contribution in [0.1, 0.15) is 10.4 Å². The summed E-state index contributed by atoms with van der Waals surface area (Å²) >= 11 is 3.17. The summed E-state index contributed by atoms with van der Waals surface area (Å²) in [7, 11) is 0. The van der Waals surface area contributed by atoms with E-state index in [9.17, 15) is 4.79 Å². The van der Waals surface area contributed by atoms with E-state index >= 15 is 0 Å². The zero-order valence-electron chi connectivity index (χ0n) is 10.3. The molecule has 6 heteroatoms. The van der Waals surface area contributed by atoms with E-state index in [1.165, 1.54) is 6.26 Å². The molecule has 0 fully saturated rings. The number of benzene rings is 1. The maximum Gasteiger partial charge on any atom is 0.258 e. The molecule has 20 heavy (non-hydrogen) atoms. The third-order valence-electron chi connectivity index (χ3n) is 2.74. The number of nitrogens with zero attached hydrogens (tertiary/aromatic N) is 2. The van der Waals surface area contributed by atoms with Crippen molar-refractivity contribution in [3.63, 3.8) is 0 Å². The zero-order valence-corrected chi connectivity index (χ0v) is 11.9. The number of carbonyl (C=O) groups excluding carboxylic acids is 1. The first-order chi connectivity index (χ1) is 9.72. The van der Waals surface area contributed by atoms with Gasteiger partial charge in [-0.05, 0) is 34.1 Å². The minimum atomic E-state index is -0.220. The Morgan fingerprint density at radius 1 is 1.35 bits per heavy atom. The molecule has 0 spiro atoms. The number of nitrogens with one attached hydrogen (secondary N) is 1. The number of rotatable bonds is 3. The Labute approximate surface area is 123 Å². The molecule has 0 radical (unpaired) electrons. The lowest BCUT2D eigenvalue weighted by Gasteiger charge is -2.07. The van der Waals surface area contributed by atoms with Gasteiger partial charge in [-0.3, -0.25) is 4.79 Å². The van der Waals surface area contributed by atoms with Crippen molar-refractivity contribution >= 4 is 27.5 Å². The topological polar surface area (TPSA) is 60.1 Å². The minimum absolute atomic E-state index is 0.220. The lowest BCUT2D eigenvalue weighted by Crippen LogP contribution is -2.11. The van der Waals surface area contributed by atoms with Gasteiger partial charge >= 0.3 is 0 Å². The summed E-state index contributed by atoms with van der Waals surface area (Å²) in [5.41, 5.74) is 2.09. The average molecular weight is 332 g/mol. The summed E-state index contributed by atoms with van der Waals surface area (Å²) in [6, 6.07) is 9.12. The van der Waals surface area contributed by atoms with Crippen LogP contribution in [0.4, 0.5) is 5.69 Å². The summed E-state index contributed by atoms with van der Waals surface area (Å²) in [5, 5.41) is 2.82. The number of amides is 1. The molecule has 0 aliphatic carbocycles. The van der Waals surface area contributed by atoms with Crippen LogP contribution in [0.25, 0.3) is 5.69 Å². The van der Waals surface area contributed by atoms with Crippen LogP contribution in [0.2, 0.25) is 0 Å². The van der Waals surface area contributed by atoms with E-state index in [4.69, 9.17) is 4.42 Å². The quantitative estimate of drug-likeness (QED) is 0.799. The first kappa shape index (κ1) is 12.7. The second-order valence-corrected chi connectivity index (χ2v) is 4.90. The van der Waals surface area contributed by atoms with Crippen LogP contribution >= 0.6 is 15.9 Å². The molecule has 100 valence electrons. The maximum atomic E-state index is 12.0. The SMILES string of the molecule is O=C(Nc1cccc(-n2ccnc2)c1)c1coc(Br)c1. The van der Waals surface area contributed by atoms with Crippen molar-refractivity contribution in [1.82, 2.24) is 9.55 Å². The van der Waals surface area contributed by atoms with Gasteiger partial charge in [0.05, 0.1) is 11.9 Å². The third kappa shape index (κ3) is 2.65. The molecule has 2 heterocycles. The van der Waals surface area contributed by atoms with Gasteiger partial charge in [0.2, 0.25) is 0 Å². The predicted octanol–water partition coefficient (Wildman–Crippen LogP) is 3.48. The van der Waals surface area contributed by atoms with E-state index < -0.39 is 0 Å². The van der Waals surface area contributed by atoms with Crippen LogP contribution in [0.15, 0.2) is 64.4 Å². The van der Waals surface area contributed by atoms with Crippen LogP contribution in [0.3, 0.4) is 0 Å². The Bertz CT molecular complexity index is 734. The fourth-order valence-corrected chi connectivity index (χ4v) is 2.13. The normalized spacial score (nSPS) is 10.4. The molecule has 0 bridgehead atoms. The van der Waals surface area contributed by atoms with Crippen LogP contribution < -0.4 is 5.32 Å². The Morgan fingerprint density at radius 2 is 2.25 bits per heavy atom. The molecule has 2 aromatic heterocycles. The number of hydrogen-bond acceptors (Lipinski definition) is 3. The van der Waals surface area contributed by atoms with Crippen LogP contribution in [0, 0.1) is 0 Å². The molecule has 3 aromatic rings. The molecule has 0 saturated heterocycles. The van der Waals surface area contributed by atoms with E-state index in [0.717, 1.165) is 5.69 Å². The number of halogens is 1. The molecular weight excluding hydrogens is 322 g/mol. The summed E-state index contributed by atoms with van der Waals surface area (Å²) < 4.78 is 7.44. The van der Waals surface area contributed by atoms with Crippen LogP contribution in [-0.2, 0) is 0 Å². The maximum absolute atomic E-state index is 12.0. The van der Waals surface area contributed by atoms with Crippen molar-refractivity contribution in [2.24, 2.45) is 0 Å². The number of imidazole rings is 1. The lowest BCUT2D eigenvalue weighted by molar-refractivity contribution is 0.102. The highest BCUT2D eigenvalue weighted by Crippen LogP contribution is 2.18. The van der Waals surface area contributed by atoms with E-state index in [2.05, 4.69) is 26.2 Å². The number of furan rings is 1. The Morgan fingerprint density at radius 3 is 2.95 bits per heavy atom. The van der Waals surface area contributed by atoms with E-state index in [1.807, 2.05) is 35.0 Å². The van der Waals surface area contributed by atoms with E-state index in [1.54, 1.807) is 18.6 Å². The van der Waals surface area contributed by atoms with Gasteiger partial charge in [0, 0.05) is 29.8 Å². The average Bonchev–Trinajstić information content (AvgIpc) is 3.10. The third-order valence-corrected chi connectivity index (χ3v) is 3.15. The van der Waals surface area contributed by atoms with Gasteiger partial charge in [-0.15, -0.1) is 0 Å². The van der Waals surface area contributed by atoms with Crippen LogP contribution in [0.5, 0.6) is 0 Å². The highest BCUT2D eigenvalue weighted by molar-refractivity contribution is 9.10. The van der Waals surface area contributed by atoms with Gasteiger partial charge in [-0.25, -0.2) is 4.98 Å². The van der Waals surface area contributed by atoms with Crippen LogP contribution in [-0.4, -0.2) is 15.5 Å². The summed E-state index contributed by atoms with van der Waals surface area (Å²) in [4.78, 5) is 16.0. The second kappa shape index (κ2) is 5.34. The first-order valence-electron chi connectivity index (χ1n) is 5.86. The van der Waals surface area contributed by atoms with Gasteiger partial charge in [-0.2, -0.15) is 0 Å². The van der Waals surface area contributed by atoms with E-state index in [0.29, 0.717) is 15.9 Å². The molecule has 0 atom stereocenters. The van der Waals surface area contributed by atoms with Gasteiger partial charge in [0.25, 0.3) is 5.91 Å². The van der Waals surface area contributed by atoms with Crippen molar-refractivity contribution < 1.29 is 9.21 Å². The zero-order chi connectivity index (χ0) is 13.9. The highest BCUT2D eigenvalue weighted by atomic mass is 79.9. The van der Waals surface area contributed by atoms with Gasteiger partial charge in [0.1, 0.15) is 6.26 Å². The molecular formula is C14H10BrN3O2. The molecule has 5 nitrogen and oxygen atoms in total. The van der Waals surface area contributed by atoms with Gasteiger partial charge < -0.3 is 14.3 Å². The van der Waals surface area contributed by atoms with Crippen molar-refractivity contribution in [2.75, 3.05) is 5.32 Å². The number of carbonyl (C=O) groups is 1. The number of hydrogen-bond donors (Lipinski definition) is 1. The highest BCUT2D eigenvalue weighted by Gasteiger charge is 2.09. The summed E-state index contributed by atoms with van der Waals surface area (Å²) in [5.74, 6) is -0.220. The standard InChI is InChI=1S/C14H10BrN3O2/c15-13-6-10(8-20-13)14(19)17-11-2-1-3-12(7-11)18-5-4-16-9-18/h1-9H,(H,17,19). The molecule has 1 amide bonds. The first-order valence-corrected chi connectivity index (χ1v) is 6.65. The number of anilines is 1. The van der Waals surface area contributed by atoms with E-state index in [-0.39, 0.29) is 5.91 Å². The molecule has 0 unspecified atom stereocenters. The minimum Gasteiger partial charge on any atom is -0.457 e. The molecule has 1 aromatic carbocycles. The monoisotopic (exact) mass is 331 g/mol. The molecule has 0 aliphatic heterocycles. The lowest BCUT2D eigenvalue weighted by atomic mass is 10.2. The predicted molar refractivity (Wildman–Crippen MR) is 77.9 cm³/mol. The van der Waals surface area contributed by atoms with Crippen molar-refractivity contribution in [3.05, 3.63) is 65.5 Å². The largest absolute Gasteiger partial charge is 0.457 e. The Hall–Kier alpha value is -2.34. The Balaban J connectivity index is 1.81. The molecule has 3 rings (SSSR count). The number of aromatic nitrogens is 2. The molecule has 0 saturated carbocycles. The van der Waals surface area contributed by atoms with Gasteiger partial charge in [0.15, 0.2) is 4.67 Å². The molecule has 1 N–H and O–H groups in total. The van der Waals surface area contributed by atoms with Crippen molar-refractivity contribution in [1.29, 1.82) is 0 Å². The fraction of sp³-hybridized carbons (Fsp3) is 0. The van der Waals surface area contributed by atoms with Crippen molar-refractivity contribution in [3.8, 4) is 5.69 Å². The van der Waals surface area contributed by atoms with Gasteiger partial charge in [-0.1, -0.05) is 6.07 Å². The summed E-state index contributed by atoms with van der Waals surface area (Å²) in [6.45, 7) is 0. The fourth-order valence-electron chi connectivity index (χ4n) is 1.79. The molecule has 0 aliphatic rings. The smallest absolute Gasteiger partial charge is 0.258 e. The second-order valence-electron chi connectivity index (χ2n) is 4.11.